The molecule has 2 N–H and O–H groups in total. The van der Waals surface area contributed by atoms with Gasteiger partial charge in [-0.05, 0) is 12.0 Å². The van der Waals surface area contributed by atoms with Gasteiger partial charge in [0, 0.05) is 19.2 Å². The van der Waals surface area contributed by atoms with Crippen LogP contribution in [-0.4, -0.2) is 26.7 Å². The zero-order chi connectivity index (χ0) is 16.9. The van der Waals surface area contributed by atoms with Crippen molar-refractivity contribution in [2.24, 2.45) is 5.92 Å². The standard InChI is InChI=1S/C17H19N3O4/c21-16(22)13-6-7-15-19-14(10-20(15)9-13)8-18-17(23)24-11-12-4-2-1-3-5-12/h1-5,10,13H,6-9,11H2,(H,18,23)(H,21,22). The molecular formula is C17H19N3O4. The Morgan fingerprint density at radius 2 is 2.12 bits per heavy atom. The molecule has 0 fully saturated rings. The highest BCUT2D eigenvalue weighted by atomic mass is 16.5. The topological polar surface area (TPSA) is 93.5 Å². The molecule has 24 heavy (non-hydrogen) atoms. The van der Waals surface area contributed by atoms with Crippen molar-refractivity contribution >= 4 is 12.1 Å². The number of carbonyl (C=O) groups excluding carboxylic acids is 1. The summed E-state index contributed by atoms with van der Waals surface area (Å²) in [5.41, 5.74) is 1.62. The number of amides is 1. The fourth-order valence-electron chi connectivity index (χ4n) is 2.73. The highest BCUT2D eigenvalue weighted by Gasteiger charge is 2.25. The summed E-state index contributed by atoms with van der Waals surface area (Å²) in [6.07, 6.45) is 2.52. The number of imidazole rings is 1. The fourth-order valence-corrected chi connectivity index (χ4v) is 2.73. The van der Waals surface area contributed by atoms with Crippen LogP contribution >= 0.6 is 0 Å². The number of benzene rings is 1. The van der Waals surface area contributed by atoms with E-state index in [2.05, 4.69) is 10.3 Å². The number of alkyl carbamates (subject to hydrolysis) is 1. The summed E-state index contributed by atoms with van der Waals surface area (Å²) in [6.45, 7) is 0.897. The van der Waals surface area contributed by atoms with Crippen LogP contribution in [0.1, 0.15) is 23.5 Å². The first-order valence-corrected chi connectivity index (χ1v) is 7.84. The Bertz CT molecular complexity index is 727. The van der Waals surface area contributed by atoms with Gasteiger partial charge >= 0.3 is 12.1 Å². The third-order valence-corrected chi connectivity index (χ3v) is 4.02. The van der Waals surface area contributed by atoms with Gasteiger partial charge in [-0.3, -0.25) is 4.79 Å². The lowest BCUT2D eigenvalue weighted by Crippen LogP contribution is -2.26. The van der Waals surface area contributed by atoms with Gasteiger partial charge in [0.05, 0.1) is 18.2 Å². The van der Waals surface area contributed by atoms with Gasteiger partial charge in [-0.15, -0.1) is 0 Å². The zero-order valence-electron chi connectivity index (χ0n) is 13.1. The Morgan fingerprint density at radius 1 is 1.33 bits per heavy atom. The maximum Gasteiger partial charge on any atom is 0.407 e. The lowest BCUT2D eigenvalue weighted by Gasteiger charge is -2.19. The molecule has 2 aromatic rings. The molecule has 126 valence electrons. The molecule has 1 aliphatic heterocycles. The number of carbonyl (C=O) groups is 2. The molecule has 2 heterocycles. The number of aromatic nitrogens is 2. The van der Waals surface area contributed by atoms with Crippen molar-refractivity contribution in [3.05, 3.63) is 53.6 Å². The molecule has 1 aromatic carbocycles. The summed E-state index contributed by atoms with van der Waals surface area (Å²) >= 11 is 0. The van der Waals surface area contributed by atoms with Crippen molar-refractivity contribution in [3.8, 4) is 0 Å². The largest absolute Gasteiger partial charge is 0.481 e. The molecular weight excluding hydrogens is 310 g/mol. The molecule has 0 bridgehead atoms. The monoisotopic (exact) mass is 329 g/mol. The minimum Gasteiger partial charge on any atom is -0.481 e. The number of rotatable bonds is 5. The first kappa shape index (κ1) is 16.0. The van der Waals surface area contributed by atoms with Gasteiger partial charge in [-0.1, -0.05) is 30.3 Å². The number of carboxylic acid groups (broad SMARTS) is 1. The minimum absolute atomic E-state index is 0.215. The first-order chi connectivity index (χ1) is 11.6. The van der Waals surface area contributed by atoms with Crippen LogP contribution in [0.25, 0.3) is 0 Å². The second kappa shape index (κ2) is 7.16. The number of aliphatic carboxylic acids is 1. The van der Waals surface area contributed by atoms with Gasteiger partial charge in [0.1, 0.15) is 12.4 Å². The molecule has 7 heteroatoms. The summed E-state index contributed by atoms with van der Waals surface area (Å²) in [6, 6.07) is 9.44. The molecule has 1 atom stereocenters. The van der Waals surface area contributed by atoms with Gasteiger partial charge in [0.25, 0.3) is 0 Å². The molecule has 0 spiro atoms. The molecule has 0 saturated heterocycles. The molecule has 1 amide bonds. The number of ether oxygens (including phenoxy) is 1. The lowest BCUT2D eigenvalue weighted by atomic mass is 10.00. The molecule has 0 saturated carbocycles. The predicted molar refractivity (Wildman–Crippen MR) is 85.1 cm³/mol. The van der Waals surface area contributed by atoms with E-state index >= 15 is 0 Å². The molecule has 1 aromatic heterocycles. The van der Waals surface area contributed by atoms with Crippen molar-refractivity contribution in [1.82, 2.24) is 14.9 Å². The van der Waals surface area contributed by atoms with Gasteiger partial charge < -0.3 is 19.7 Å². The first-order valence-electron chi connectivity index (χ1n) is 7.84. The maximum atomic E-state index is 11.7. The Labute approximate surface area is 139 Å². The van der Waals surface area contributed by atoms with Crippen LogP contribution in [0, 0.1) is 5.92 Å². The van der Waals surface area contributed by atoms with E-state index in [4.69, 9.17) is 9.84 Å². The van der Waals surface area contributed by atoms with E-state index < -0.39 is 12.1 Å². The van der Waals surface area contributed by atoms with E-state index in [-0.39, 0.29) is 19.1 Å². The van der Waals surface area contributed by atoms with Crippen molar-refractivity contribution in [2.75, 3.05) is 0 Å². The molecule has 1 aliphatic rings. The number of hydrogen-bond acceptors (Lipinski definition) is 4. The van der Waals surface area contributed by atoms with Gasteiger partial charge in [-0.2, -0.15) is 0 Å². The highest BCUT2D eigenvalue weighted by molar-refractivity contribution is 5.70. The summed E-state index contributed by atoms with van der Waals surface area (Å²) in [5, 5.41) is 11.8. The van der Waals surface area contributed by atoms with E-state index in [1.54, 1.807) is 6.20 Å². The van der Waals surface area contributed by atoms with Crippen LogP contribution < -0.4 is 5.32 Å². The average Bonchev–Trinajstić information content (AvgIpc) is 3.01. The summed E-state index contributed by atoms with van der Waals surface area (Å²) < 4.78 is 6.99. The zero-order valence-corrected chi connectivity index (χ0v) is 13.1. The third kappa shape index (κ3) is 3.92. The number of nitrogens with one attached hydrogen (secondary N) is 1. The van der Waals surface area contributed by atoms with Crippen LogP contribution in [0.5, 0.6) is 0 Å². The average molecular weight is 329 g/mol. The summed E-state index contributed by atoms with van der Waals surface area (Å²) in [7, 11) is 0. The molecule has 7 nitrogen and oxygen atoms in total. The predicted octanol–water partition coefficient (Wildman–Crippen LogP) is 1.96. The van der Waals surface area contributed by atoms with Gasteiger partial charge in [-0.25, -0.2) is 9.78 Å². The fraction of sp³-hybridized carbons (Fsp3) is 0.353. The van der Waals surface area contributed by atoms with Gasteiger partial charge in [0.15, 0.2) is 0 Å². The third-order valence-electron chi connectivity index (χ3n) is 4.02. The SMILES string of the molecule is O=C(NCc1cn2c(n1)CCC(C(=O)O)C2)OCc1ccccc1. The molecule has 1 unspecified atom stereocenters. The number of nitrogens with zero attached hydrogens (tertiary/aromatic N) is 2. The van der Waals surface area contributed by atoms with Crippen molar-refractivity contribution in [1.29, 1.82) is 0 Å². The van der Waals surface area contributed by atoms with E-state index in [1.807, 2.05) is 34.9 Å². The van der Waals surface area contributed by atoms with Crippen LogP contribution in [-0.2, 0) is 35.6 Å². The smallest absolute Gasteiger partial charge is 0.407 e. The molecule has 0 aliphatic carbocycles. The minimum atomic E-state index is -0.779. The van der Waals surface area contributed by atoms with E-state index in [1.165, 1.54) is 0 Å². The highest BCUT2D eigenvalue weighted by Crippen LogP contribution is 2.20. The van der Waals surface area contributed by atoms with E-state index in [0.717, 1.165) is 11.4 Å². The molecule has 3 rings (SSSR count). The summed E-state index contributed by atoms with van der Waals surface area (Å²) in [5.74, 6) is -0.288. The summed E-state index contributed by atoms with van der Waals surface area (Å²) in [4.78, 5) is 27.2. The quantitative estimate of drug-likeness (QED) is 0.874. The van der Waals surface area contributed by atoms with Crippen LogP contribution in [0.3, 0.4) is 0 Å². The number of hydrogen-bond donors (Lipinski definition) is 2. The van der Waals surface area contributed by atoms with Crippen molar-refractivity contribution in [3.63, 3.8) is 0 Å². The lowest BCUT2D eigenvalue weighted by molar-refractivity contribution is -0.142. The van der Waals surface area contributed by atoms with E-state index in [0.29, 0.717) is 25.1 Å². The van der Waals surface area contributed by atoms with Crippen molar-refractivity contribution < 1.29 is 19.4 Å². The Hall–Kier alpha value is -2.83. The number of fused-ring (bicyclic) bond motifs is 1. The molecule has 0 radical (unpaired) electrons. The van der Waals surface area contributed by atoms with Crippen LogP contribution in [0.2, 0.25) is 0 Å². The normalized spacial score (nSPS) is 16.2. The van der Waals surface area contributed by atoms with Crippen LogP contribution in [0.4, 0.5) is 4.79 Å². The second-order valence-corrected chi connectivity index (χ2v) is 5.79. The number of aryl methyl sites for hydroxylation is 1. The van der Waals surface area contributed by atoms with Crippen molar-refractivity contribution in [2.45, 2.75) is 32.5 Å². The maximum absolute atomic E-state index is 11.7. The Morgan fingerprint density at radius 3 is 2.88 bits per heavy atom. The van der Waals surface area contributed by atoms with E-state index in [9.17, 15) is 9.59 Å². The second-order valence-electron chi connectivity index (χ2n) is 5.79. The Balaban J connectivity index is 1.49. The van der Waals surface area contributed by atoms with Gasteiger partial charge in [0.2, 0.25) is 0 Å². The number of carboxylic acids is 1. The Kier molecular flexibility index (Phi) is 4.79. The van der Waals surface area contributed by atoms with Crippen LogP contribution in [0.15, 0.2) is 36.5 Å².